The van der Waals surface area contributed by atoms with Crippen molar-refractivity contribution in [2.45, 2.75) is 0 Å². The van der Waals surface area contributed by atoms with Gasteiger partial charge in [-0.1, -0.05) is 0 Å². The number of aromatic nitrogens is 2. The van der Waals surface area contributed by atoms with E-state index in [0.717, 1.165) is 6.07 Å². The summed E-state index contributed by atoms with van der Waals surface area (Å²) in [5.41, 5.74) is 5.53. The number of benzene rings is 1. The molecule has 0 fully saturated rings. The molecule has 0 unspecified atom stereocenters. The number of nitrogen functional groups attached to an aromatic ring is 1. The zero-order chi connectivity index (χ0) is 13.1. The Morgan fingerprint density at radius 1 is 1.33 bits per heavy atom. The Hall–Kier alpha value is -2.70. The molecule has 0 saturated heterocycles. The van der Waals surface area contributed by atoms with Gasteiger partial charge in [-0.05, 0) is 24.3 Å². The van der Waals surface area contributed by atoms with E-state index in [4.69, 9.17) is 5.73 Å². The van der Waals surface area contributed by atoms with Gasteiger partial charge in [0.15, 0.2) is 0 Å². The van der Waals surface area contributed by atoms with Gasteiger partial charge in [0.05, 0.1) is 11.4 Å². The Kier molecular flexibility index (Phi) is 3.05. The maximum atomic E-state index is 12.8. The van der Waals surface area contributed by atoms with Gasteiger partial charge in [0.25, 0.3) is 11.5 Å². The number of carbonyl (C=O) groups excluding carboxylic acids is 1. The van der Waals surface area contributed by atoms with Crippen LogP contribution in [0.15, 0.2) is 35.1 Å². The highest BCUT2D eigenvalue weighted by Gasteiger charge is 2.09. The van der Waals surface area contributed by atoms with Crippen molar-refractivity contribution in [1.82, 2.24) is 10.2 Å². The summed E-state index contributed by atoms with van der Waals surface area (Å²) < 4.78 is 12.8. The lowest BCUT2D eigenvalue weighted by molar-refractivity contribution is 0.102. The monoisotopic (exact) mass is 248 g/mol. The van der Waals surface area contributed by atoms with Crippen LogP contribution < -0.4 is 16.6 Å². The van der Waals surface area contributed by atoms with Crippen molar-refractivity contribution in [1.29, 1.82) is 0 Å². The Balaban J connectivity index is 2.21. The van der Waals surface area contributed by atoms with Gasteiger partial charge in [-0.15, -0.1) is 0 Å². The highest BCUT2D eigenvalue weighted by molar-refractivity contribution is 6.04. The van der Waals surface area contributed by atoms with Gasteiger partial charge in [0.2, 0.25) is 0 Å². The van der Waals surface area contributed by atoms with E-state index in [2.05, 4.69) is 15.5 Å². The first-order chi connectivity index (χ1) is 8.56. The third-order valence-corrected chi connectivity index (χ3v) is 2.17. The molecule has 0 aliphatic heterocycles. The third-order valence-electron chi connectivity index (χ3n) is 2.17. The first-order valence-corrected chi connectivity index (χ1v) is 4.98. The maximum Gasteiger partial charge on any atom is 0.276 e. The van der Waals surface area contributed by atoms with Gasteiger partial charge in [-0.3, -0.25) is 9.59 Å². The fraction of sp³-hybridized carbons (Fsp3) is 0. The summed E-state index contributed by atoms with van der Waals surface area (Å²) in [4.78, 5) is 22.5. The van der Waals surface area contributed by atoms with Crippen molar-refractivity contribution >= 4 is 17.3 Å². The number of hydrogen-bond acceptors (Lipinski definition) is 4. The second-order valence-corrected chi connectivity index (χ2v) is 3.49. The number of anilines is 2. The number of aromatic amines is 1. The number of nitrogens with zero attached hydrogens (tertiary/aromatic N) is 1. The molecule has 6 nitrogen and oxygen atoms in total. The summed E-state index contributed by atoms with van der Waals surface area (Å²) in [5.74, 6) is -1.04. The molecule has 1 heterocycles. The minimum atomic E-state index is -0.551. The molecule has 2 aromatic rings. The fourth-order valence-corrected chi connectivity index (χ4v) is 1.30. The number of hydrogen-bond donors (Lipinski definition) is 3. The van der Waals surface area contributed by atoms with Crippen LogP contribution in [0.25, 0.3) is 0 Å². The quantitative estimate of drug-likeness (QED) is 0.682. The minimum Gasteiger partial charge on any atom is -0.397 e. The van der Waals surface area contributed by atoms with Crippen LogP contribution in [0, 0.1) is 5.82 Å². The van der Waals surface area contributed by atoms with E-state index in [9.17, 15) is 14.0 Å². The van der Waals surface area contributed by atoms with Crippen LogP contribution in [0.2, 0.25) is 0 Å². The molecule has 1 aromatic carbocycles. The van der Waals surface area contributed by atoms with Crippen LogP contribution in [-0.4, -0.2) is 16.1 Å². The normalized spacial score (nSPS) is 10.1. The molecule has 1 aromatic heterocycles. The van der Waals surface area contributed by atoms with Gasteiger partial charge in [0.1, 0.15) is 11.5 Å². The molecule has 0 spiro atoms. The molecular weight excluding hydrogens is 239 g/mol. The maximum absolute atomic E-state index is 12.8. The number of rotatable bonds is 2. The van der Waals surface area contributed by atoms with E-state index >= 15 is 0 Å². The van der Waals surface area contributed by atoms with Crippen molar-refractivity contribution in [3.63, 3.8) is 0 Å². The molecule has 4 N–H and O–H groups in total. The van der Waals surface area contributed by atoms with Gasteiger partial charge in [-0.25, -0.2) is 9.49 Å². The second kappa shape index (κ2) is 4.66. The SMILES string of the molecule is Nc1cc(F)ccc1NC(=O)c1ccc(=O)[nH]n1. The van der Waals surface area contributed by atoms with Crippen molar-refractivity contribution in [3.8, 4) is 0 Å². The Labute approximate surface area is 101 Å². The standard InChI is InChI=1S/C11H9FN4O2/c12-6-1-2-8(7(13)5-6)14-11(18)9-3-4-10(17)16-15-9/h1-5H,13H2,(H,14,18)(H,16,17). The Morgan fingerprint density at radius 2 is 2.11 bits per heavy atom. The van der Waals surface area contributed by atoms with Crippen LogP contribution in [0.4, 0.5) is 15.8 Å². The summed E-state index contributed by atoms with van der Waals surface area (Å²) in [6.07, 6.45) is 0. The first-order valence-electron chi connectivity index (χ1n) is 4.98. The Morgan fingerprint density at radius 3 is 2.72 bits per heavy atom. The van der Waals surface area contributed by atoms with Crippen LogP contribution >= 0.6 is 0 Å². The average Bonchev–Trinajstić information content (AvgIpc) is 2.33. The lowest BCUT2D eigenvalue weighted by Gasteiger charge is -2.07. The predicted molar refractivity (Wildman–Crippen MR) is 63.6 cm³/mol. The average molecular weight is 248 g/mol. The van der Waals surface area contributed by atoms with Gasteiger partial charge in [0, 0.05) is 6.07 Å². The van der Waals surface area contributed by atoms with Crippen molar-refractivity contribution in [3.05, 3.63) is 52.2 Å². The molecule has 0 aliphatic rings. The second-order valence-electron chi connectivity index (χ2n) is 3.49. The number of nitrogens with two attached hydrogens (primary N) is 1. The zero-order valence-electron chi connectivity index (χ0n) is 9.11. The number of nitrogens with one attached hydrogen (secondary N) is 2. The zero-order valence-corrected chi connectivity index (χ0v) is 9.11. The minimum absolute atomic E-state index is 0.0262. The molecule has 0 saturated carbocycles. The van der Waals surface area contributed by atoms with E-state index in [1.54, 1.807) is 0 Å². The summed E-state index contributed by atoms with van der Waals surface area (Å²) in [5, 5.41) is 8.15. The van der Waals surface area contributed by atoms with Gasteiger partial charge < -0.3 is 11.1 Å². The molecule has 92 valence electrons. The molecule has 2 rings (SSSR count). The summed E-state index contributed by atoms with van der Waals surface area (Å²) in [6, 6.07) is 6.06. The lowest BCUT2D eigenvalue weighted by atomic mass is 10.2. The van der Waals surface area contributed by atoms with Crippen LogP contribution in [0.3, 0.4) is 0 Å². The van der Waals surface area contributed by atoms with Crippen molar-refractivity contribution in [2.24, 2.45) is 0 Å². The van der Waals surface area contributed by atoms with Gasteiger partial charge >= 0.3 is 0 Å². The molecular formula is C11H9FN4O2. The van der Waals surface area contributed by atoms with Crippen molar-refractivity contribution < 1.29 is 9.18 Å². The first kappa shape index (κ1) is 11.8. The third kappa shape index (κ3) is 2.51. The van der Waals surface area contributed by atoms with Crippen LogP contribution in [0.5, 0.6) is 0 Å². The molecule has 0 radical (unpaired) electrons. The van der Waals surface area contributed by atoms with Crippen LogP contribution in [-0.2, 0) is 0 Å². The van der Waals surface area contributed by atoms with Crippen LogP contribution in [0.1, 0.15) is 10.5 Å². The smallest absolute Gasteiger partial charge is 0.276 e. The van der Waals surface area contributed by atoms with Gasteiger partial charge in [-0.2, -0.15) is 5.10 Å². The van der Waals surface area contributed by atoms with Crippen molar-refractivity contribution in [2.75, 3.05) is 11.1 Å². The summed E-state index contributed by atoms with van der Waals surface area (Å²) in [6.45, 7) is 0. The van der Waals surface area contributed by atoms with E-state index in [1.807, 2.05) is 0 Å². The highest BCUT2D eigenvalue weighted by atomic mass is 19.1. The lowest BCUT2D eigenvalue weighted by Crippen LogP contribution is -2.18. The fourth-order valence-electron chi connectivity index (χ4n) is 1.30. The molecule has 0 aliphatic carbocycles. The topological polar surface area (TPSA) is 101 Å². The van der Waals surface area contributed by atoms with E-state index < -0.39 is 17.3 Å². The number of H-pyrrole nitrogens is 1. The van der Waals surface area contributed by atoms with E-state index in [-0.39, 0.29) is 17.1 Å². The molecule has 18 heavy (non-hydrogen) atoms. The summed E-state index contributed by atoms with van der Waals surface area (Å²) >= 11 is 0. The predicted octanol–water partition coefficient (Wildman–Crippen LogP) is 0.744. The summed E-state index contributed by atoms with van der Waals surface area (Å²) in [7, 11) is 0. The Bertz CT molecular complexity index is 633. The van der Waals surface area contributed by atoms with E-state index in [0.29, 0.717) is 0 Å². The number of halogens is 1. The number of carbonyl (C=O) groups is 1. The molecule has 1 amide bonds. The number of amides is 1. The molecule has 7 heteroatoms. The largest absolute Gasteiger partial charge is 0.397 e. The molecule has 0 atom stereocenters. The highest BCUT2D eigenvalue weighted by Crippen LogP contribution is 2.19. The molecule has 0 bridgehead atoms. The van der Waals surface area contributed by atoms with E-state index in [1.165, 1.54) is 24.3 Å².